The van der Waals surface area contributed by atoms with Crippen LogP contribution in [0.5, 0.6) is 5.75 Å². The molecule has 1 aliphatic carbocycles. The Hall–Kier alpha value is -2.04. The maximum absolute atomic E-state index is 13.4. The summed E-state index contributed by atoms with van der Waals surface area (Å²) in [5.74, 6) is 2.10. The number of benzene rings is 1. The molecule has 1 aromatic rings. The van der Waals surface area contributed by atoms with Gasteiger partial charge in [-0.1, -0.05) is 64.5 Å². The summed E-state index contributed by atoms with van der Waals surface area (Å²) in [4.78, 5) is 30.4. The summed E-state index contributed by atoms with van der Waals surface area (Å²) in [6.07, 6.45) is 11.9. The van der Waals surface area contributed by atoms with Crippen molar-refractivity contribution in [3.05, 3.63) is 29.8 Å². The van der Waals surface area contributed by atoms with Crippen molar-refractivity contribution in [2.24, 2.45) is 11.8 Å². The van der Waals surface area contributed by atoms with Crippen LogP contribution in [-0.4, -0.2) is 54.4 Å². The van der Waals surface area contributed by atoms with E-state index < -0.39 is 0 Å². The van der Waals surface area contributed by atoms with Gasteiger partial charge in [-0.25, -0.2) is 0 Å². The van der Waals surface area contributed by atoms with E-state index in [1.54, 1.807) is 4.90 Å². The molecular formula is C28H44N2O3. The lowest BCUT2D eigenvalue weighted by Gasteiger charge is -2.34. The van der Waals surface area contributed by atoms with Crippen molar-refractivity contribution < 1.29 is 14.3 Å². The summed E-state index contributed by atoms with van der Waals surface area (Å²) < 4.78 is 6.28. The van der Waals surface area contributed by atoms with Gasteiger partial charge in [0.15, 0.2) is 0 Å². The fourth-order valence-electron chi connectivity index (χ4n) is 5.36. The van der Waals surface area contributed by atoms with E-state index in [1.807, 2.05) is 31.3 Å². The molecule has 5 heteroatoms. The second-order valence-corrected chi connectivity index (χ2v) is 10.5. The molecular weight excluding hydrogens is 412 g/mol. The largest absolute Gasteiger partial charge is 0.491 e. The normalized spacial score (nSPS) is 21.6. The SMILES string of the molecule is CC(C)C[C@H]1COc2ccccc2C(=O)N(C)CCCCCCN1C(=O)CCC1CCCC1. The average Bonchev–Trinajstić information content (AvgIpc) is 3.32. The third kappa shape index (κ3) is 7.75. The first kappa shape index (κ1) is 25.6. The number of carbonyl (C=O) groups is 2. The number of nitrogens with zero attached hydrogens (tertiary/aromatic N) is 2. The highest BCUT2D eigenvalue weighted by Gasteiger charge is 2.27. The Bertz CT molecular complexity index is 757. The minimum Gasteiger partial charge on any atom is -0.491 e. The number of rotatable bonds is 5. The molecule has 1 aliphatic heterocycles. The van der Waals surface area contributed by atoms with Gasteiger partial charge in [0.05, 0.1) is 11.6 Å². The lowest BCUT2D eigenvalue weighted by molar-refractivity contribution is -0.135. The molecule has 0 bridgehead atoms. The predicted octanol–water partition coefficient (Wildman–Crippen LogP) is 5.93. The summed E-state index contributed by atoms with van der Waals surface area (Å²) >= 11 is 0. The van der Waals surface area contributed by atoms with Crippen molar-refractivity contribution >= 4 is 11.8 Å². The predicted molar refractivity (Wildman–Crippen MR) is 134 cm³/mol. The maximum atomic E-state index is 13.4. The molecule has 0 aromatic heterocycles. The van der Waals surface area contributed by atoms with Gasteiger partial charge in [0.1, 0.15) is 12.4 Å². The monoisotopic (exact) mass is 456 g/mol. The van der Waals surface area contributed by atoms with Crippen LogP contribution in [-0.2, 0) is 4.79 Å². The zero-order valence-electron chi connectivity index (χ0n) is 21.1. The van der Waals surface area contributed by atoms with Crippen molar-refractivity contribution in [1.29, 1.82) is 0 Å². The molecule has 0 saturated heterocycles. The van der Waals surface area contributed by atoms with Gasteiger partial charge < -0.3 is 14.5 Å². The zero-order valence-corrected chi connectivity index (χ0v) is 21.1. The van der Waals surface area contributed by atoms with E-state index in [0.29, 0.717) is 30.3 Å². The highest BCUT2D eigenvalue weighted by molar-refractivity contribution is 5.96. The van der Waals surface area contributed by atoms with Crippen LogP contribution in [0.2, 0.25) is 0 Å². The third-order valence-electron chi connectivity index (χ3n) is 7.28. The number of carbonyl (C=O) groups excluding carboxylic acids is 2. The van der Waals surface area contributed by atoms with Gasteiger partial charge in [-0.05, 0) is 49.7 Å². The van der Waals surface area contributed by atoms with Gasteiger partial charge in [0, 0.05) is 26.6 Å². The van der Waals surface area contributed by atoms with E-state index in [0.717, 1.165) is 57.5 Å². The molecule has 3 rings (SSSR count). The van der Waals surface area contributed by atoms with Crippen LogP contribution in [0.1, 0.15) is 94.8 Å². The smallest absolute Gasteiger partial charge is 0.257 e. The molecule has 0 unspecified atom stereocenters. The van der Waals surface area contributed by atoms with Gasteiger partial charge in [-0.15, -0.1) is 0 Å². The average molecular weight is 457 g/mol. The Balaban J connectivity index is 1.78. The van der Waals surface area contributed by atoms with E-state index in [2.05, 4.69) is 18.7 Å². The summed E-state index contributed by atoms with van der Waals surface area (Å²) in [7, 11) is 1.87. The molecule has 1 atom stereocenters. The minimum absolute atomic E-state index is 0.00700. The van der Waals surface area contributed by atoms with Crippen LogP contribution in [0, 0.1) is 11.8 Å². The van der Waals surface area contributed by atoms with Crippen LogP contribution in [0.4, 0.5) is 0 Å². The number of hydrogen-bond donors (Lipinski definition) is 0. The lowest BCUT2D eigenvalue weighted by Crippen LogP contribution is -2.45. The van der Waals surface area contributed by atoms with Gasteiger partial charge in [-0.3, -0.25) is 9.59 Å². The Morgan fingerprint density at radius 2 is 1.73 bits per heavy atom. The Labute approximate surface area is 200 Å². The number of para-hydroxylation sites is 1. The molecule has 1 aromatic carbocycles. The standard InChI is InChI=1S/C28H44N2O3/c1-22(2)20-24-21-33-26-15-9-8-14-25(26)28(32)29(3)18-10-4-5-11-19-30(24)27(31)17-16-23-12-6-7-13-23/h8-9,14-15,22-24H,4-7,10-13,16-21H2,1-3H3/t24-/m0/s1. The van der Waals surface area contributed by atoms with Crippen molar-refractivity contribution in [1.82, 2.24) is 9.80 Å². The molecule has 2 aliphatic rings. The molecule has 5 nitrogen and oxygen atoms in total. The van der Waals surface area contributed by atoms with Gasteiger partial charge in [-0.2, -0.15) is 0 Å². The molecule has 1 heterocycles. The third-order valence-corrected chi connectivity index (χ3v) is 7.28. The second-order valence-electron chi connectivity index (χ2n) is 10.5. The van der Waals surface area contributed by atoms with Crippen LogP contribution >= 0.6 is 0 Å². The van der Waals surface area contributed by atoms with Crippen molar-refractivity contribution in [2.75, 3.05) is 26.7 Å². The van der Waals surface area contributed by atoms with Crippen LogP contribution in [0.15, 0.2) is 24.3 Å². The molecule has 0 radical (unpaired) electrons. The number of amides is 2. The molecule has 0 N–H and O–H groups in total. The summed E-state index contributed by atoms with van der Waals surface area (Å²) in [6.45, 7) is 6.40. The molecule has 33 heavy (non-hydrogen) atoms. The van der Waals surface area contributed by atoms with Crippen LogP contribution in [0.25, 0.3) is 0 Å². The fraction of sp³-hybridized carbons (Fsp3) is 0.714. The first-order valence-electron chi connectivity index (χ1n) is 13.2. The molecule has 1 saturated carbocycles. The van der Waals surface area contributed by atoms with Crippen molar-refractivity contribution in [3.8, 4) is 5.75 Å². The Morgan fingerprint density at radius 3 is 2.45 bits per heavy atom. The topological polar surface area (TPSA) is 49.9 Å². The Morgan fingerprint density at radius 1 is 1.03 bits per heavy atom. The highest BCUT2D eigenvalue weighted by atomic mass is 16.5. The van der Waals surface area contributed by atoms with E-state index in [1.165, 1.54) is 25.7 Å². The molecule has 1 fully saturated rings. The van der Waals surface area contributed by atoms with Crippen LogP contribution < -0.4 is 4.74 Å². The van der Waals surface area contributed by atoms with Gasteiger partial charge >= 0.3 is 0 Å². The van der Waals surface area contributed by atoms with E-state index in [9.17, 15) is 9.59 Å². The minimum atomic E-state index is 0.00700. The maximum Gasteiger partial charge on any atom is 0.257 e. The quantitative estimate of drug-likeness (QED) is 0.552. The van der Waals surface area contributed by atoms with Gasteiger partial charge in [0.25, 0.3) is 5.91 Å². The van der Waals surface area contributed by atoms with Crippen molar-refractivity contribution in [2.45, 2.75) is 90.5 Å². The molecule has 2 amide bonds. The van der Waals surface area contributed by atoms with Crippen molar-refractivity contribution in [3.63, 3.8) is 0 Å². The summed E-state index contributed by atoms with van der Waals surface area (Å²) in [6, 6.07) is 7.57. The lowest BCUT2D eigenvalue weighted by atomic mass is 9.99. The first-order valence-corrected chi connectivity index (χ1v) is 13.2. The number of fused-ring (bicyclic) bond motifs is 1. The number of ether oxygens (including phenoxy) is 1. The highest BCUT2D eigenvalue weighted by Crippen LogP contribution is 2.29. The second kappa shape index (κ2) is 13.0. The van der Waals surface area contributed by atoms with Gasteiger partial charge in [0.2, 0.25) is 5.91 Å². The van der Waals surface area contributed by atoms with Crippen LogP contribution in [0.3, 0.4) is 0 Å². The summed E-state index contributed by atoms with van der Waals surface area (Å²) in [5, 5.41) is 0. The zero-order chi connectivity index (χ0) is 23.6. The number of hydrogen-bond acceptors (Lipinski definition) is 3. The first-order chi connectivity index (χ1) is 16.0. The Kier molecular flexibility index (Phi) is 10.1. The van der Waals surface area contributed by atoms with E-state index >= 15 is 0 Å². The van der Waals surface area contributed by atoms with E-state index in [4.69, 9.17) is 4.74 Å². The molecule has 0 spiro atoms. The fourth-order valence-corrected chi connectivity index (χ4v) is 5.36. The molecule has 184 valence electrons. The van der Waals surface area contributed by atoms with E-state index in [-0.39, 0.29) is 17.9 Å². The summed E-state index contributed by atoms with van der Waals surface area (Å²) in [5.41, 5.74) is 0.611.